The quantitative estimate of drug-likeness (QED) is 0.391. The van der Waals surface area contributed by atoms with Crippen LogP contribution in [0, 0.1) is 0 Å². The highest BCUT2D eigenvalue weighted by Crippen LogP contribution is 2.36. The van der Waals surface area contributed by atoms with Crippen molar-refractivity contribution in [1.29, 1.82) is 0 Å². The molecule has 0 N–H and O–H groups in total. The molecule has 0 unspecified atom stereocenters. The van der Waals surface area contributed by atoms with Gasteiger partial charge in [-0.1, -0.05) is 6.58 Å². The fraction of sp³-hybridized carbons (Fsp3) is 0.800. The summed E-state index contributed by atoms with van der Waals surface area (Å²) in [6.45, 7) is 8.89. The van der Waals surface area contributed by atoms with Crippen molar-refractivity contribution in [2.24, 2.45) is 0 Å². The molecule has 1 aliphatic rings. The zero-order valence-electron chi connectivity index (χ0n) is 12.8. The largest absolute Gasteiger partial charge is 0.480 e. The lowest BCUT2D eigenvalue weighted by atomic mass is 10.3. The molecule has 1 fully saturated rings. The first-order chi connectivity index (χ1) is 11.0. The Kier molecular flexibility index (Phi) is 7.90. The first-order valence-corrected chi connectivity index (χ1v) is 9.24. The van der Waals surface area contributed by atoms with Gasteiger partial charge in [0.05, 0.1) is 26.8 Å². The van der Waals surface area contributed by atoms with Crippen LogP contribution in [0.1, 0.15) is 0 Å². The fourth-order valence-electron chi connectivity index (χ4n) is 1.49. The Morgan fingerprint density at radius 2 is 1.36 bits per heavy atom. The number of likely N-dealkylation sites (N-methyl/N-ethyl adjacent to an activating group) is 1. The summed E-state index contributed by atoms with van der Waals surface area (Å²) < 4.78 is 116. The number of ether oxygens (including phenoxy) is 1. The second-order valence-electron chi connectivity index (χ2n) is 5.07. The first kappa shape index (κ1) is 24.1. The lowest BCUT2D eigenvalue weighted by Crippen LogP contribution is -2.51. The molecule has 1 saturated heterocycles. The predicted molar refractivity (Wildman–Crippen MR) is 75.1 cm³/mol. The second-order valence-corrected chi connectivity index (χ2v) is 8.49. The van der Waals surface area contributed by atoms with E-state index in [0.717, 1.165) is 41.5 Å². The highest BCUT2D eigenvalue weighted by atomic mass is 32.3. The molecule has 7 nitrogen and oxygen atoms in total. The smallest absolute Gasteiger partial charge is 0.421 e. The molecule has 0 aromatic rings. The van der Waals surface area contributed by atoms with Gasteiger partial charge in [-0.3, -0.25) is 0 Å². The van der Waals surface area contributed by atoms with Crippen molar-refractivity contribution in [3.63, 3.8) is 0 Å². The van der Waals surface area contributed by atoms with Gasteiger partial charge < -0.3 is 13.3 Å². The van der Waals surface area contributed by atoms with Gasteiger partial charge in [0, 0.05) is 0 Å². The minimum atomic E-state index is -6.72. The first-order valence-electron chi connectivity index (χ1n) is 6.36. The molecule has 0 spiro atoms. The molecule has 0 atom stereocenters. The lowest BCUT2D eigenvalue weighted by molar-refractivity contribution is -0.911. The van der Waals surface area contributed by atoms with E-state index in [1.54, 1.807) is 0 Å². The average molecular weight is 422 g/mol. The van der Waals surface area contributed by atoms with E-state index in [1.807, 2.05) is 6.08 Å². The second kappa shape index (κ2) is 8.20. The highest BCUT2D eigenvalue weighted by Gasteiger charge is 2.46. The molecule has 1 heterocycles. The van der Waals surface area contributed by atoms with Gasteiger partial charge in [0.25, 0.3) is 0 Å². The number of nitrogens with zero attached hydrogens (tertiary/aromatic N) is 2. The maximum Gasteiger partial charge on any atom is 0.480 e. The third kappa shape index (κ3) is 7.47. The number of hydrogen-bond donors (Lipinski definition) is 0. The third-order valence-corrected chi connectivity index (χ3v) is 5.64. The summed E-state index contributed by atoms with van der Waals surface area (Å²) in [7, 11) is -11.2. The number of morpholine rings is 1. The summed E-state index contributed by atoms with van der Waals surface area (Å²) in [6, 6.07) is 0. The van der Waals surface area contributed by atoms with Crippen LogP contribution in [-0.4, -0.2) is 72.2 Å². The van der Waals surface area contributed by atoms with Crippen LogP contribution < -0.4 is 0 Å². The maximum absolute atomic E-state index is 11.4. The summed E-state index contributed by atoms with van der Waals surface area (Å²) in [5.74, 6) is 0. The maximum atomic E-state index is 11.4. The van der Waals surface area contributed by atoms with Gasteiger partial charge in [0.15, 0.2) is 20.0 Å². The molecule has 0 amide bonds. The van der Waals surface area contributed by atoms with Crippen molar-refractivity contribution in [2.45, 2.75) is 11.0 Å². The highest BCUT2D eigenvalue weighted by molar-refractivity contribution is 8.13. The van der Waals surface area contributed by atoms with Crippen molar-refractivity contribution in [2.75, 3.05) is 39.9 Å². The molecule has 0 aromatic heterocycles. The van der Waals surface area contributed by atoms with Crippen LogP contribution in [0.5, 0.6) is 0 Å². The van der Waals surface area contributed by atoms with Gasteiger partial charge in [0.2, 0.25) is 0 Å². The Labute approximate surface area is 140 Å². The van der Waals surface area contributed by atoms with Gasteiger partial charge in [-0.25, -0.2) is 16.8 Å². The van der Waals surface area contributed by atoms with Gasteiger partial charge >= 0.3 is 11.0 Å². The van der Waals surface area contributed by atoms with E-state index in [0.29, 0.717) is 0 Å². The SMILES string of the molecule is C=CC[N+]1(C)CCOCC1.O=S(=O)([N-]S(=O)(=O)C(F)(F)F)C(F)(F)F. The molecule has 0 radical (unpaired) electrons. The topological polar surface area (TPSA) is 91.6 Å². The number of sulfonamides is 2. The minimum Gasteiger partial charge on any atom is -0.421 e. The molecule has 0 aliphatic carbocycles. The normalized spacial score (nSPS) is 18.8. The number of quaternary nitrogens is 1. The molecule has 15 heteroatoms. The Morgan fingerprint density at radius 1 is 1.00 bits per heavy atom. The summed E-state index contributed by atoms with van der Waals surface area (Å²) in [5, 5.41) is 0. The molecule has 0 aromatic carbocycles. The Morgan fingerprint density at radius 3 is 1.64 bits per heavy atom. The van der Waals surface area contributed by atoms with E-state index in [9.17, 15) is 43.2 Å². The van der Waals surface area contributed by atoms with Crippen LogP contribution >= 0.6 is 0 Å². The van der Waals surface area contributed by atoms with Crippen LogP contribution in [0.15, 0.2) is 12.7 Å². The molecule has 25 heavy (non-hydrogen) atoms. The standard InChI is InChI=1S/C8H16NO.C2F6NO4S2/c1-3-4-9(2)5-7-10-8-6-9;3-1(4,5)14(10,11)9-15(12,13)2(6,7)8/h3H,1,4-8H2,2H3;/q+1;-1. The number of hydrogen-bond acceptors (Lipinski definition) is 5. The molecule has 0 saturated carbocycles. The molecular weight excluding hydrogens is 406 g/mol. The van der Waals surface area contributed by atoms with E-state index in [4.69, 9.17) is 4.74 Å². The van der Waals surface area contributed by atoms with Crippen LogP contribution in [0.25, 0.3) is 4.13 Å². The summed E-state index contributed by atoms with van der Waals surface area (Å²) in [6.07, 6.45) is 1.99. The summed E-state index contributed by atoms with van der Waals surface area (Å²) in [4.78, 5) is 0. The molecule has 1 aliphatic heterocycles. The zero-order valence-corrected chi connectivity index (χ0v) is 14.5. The van der Waals surface area contributed by atoms with Crippen molar-refractivity contribution < 1.29 is 52.4 Å². The molecule has 150 valence electrons. The fourth-order valence-corrected chi connectivity index (χ4v) is 3.20. The van der Waals surface area contributed by atoms with E-state index < -0.39 is 31.1 Å². The third-order valence-electron chi connectivity index (χ3n) is 2.90. The monoisotopic (exact) mass is 422 g/mol. The molecular formula is C10H16F6N2O5S2. The summed E-state index contributed by atoms with van der Waals surface area (Å²) >= 11 is 0. The van der Waals surface area contributed by atoms with Gasteiger partial charge in [-0.15, -0.1) is 0 Å². The van der Waals surface area contributed by atoms with Gasteiger partial charge in [0.1, 0.15) is 13.1 Å². The molecule has 1 rings (SSSR count). The van der Waals surface area contributed by atoms with Gasteiger partial charge in [-0.05, 0) is 6.08 Å². The Hall–Kier alpha value is -0.900. The van der Waals surface area contributed by atoms with Crippen molar-refractivity contribution >= 4 is 20.0 Å². The number of halogens is 6. The average Bonchev–Trinajstić information content (AvgIpc) is 2.36. The van der Waals surface area contributed by atoms with E-state index in [2.05, 4.69) is 13.6 Å². The van der Waals surface area contributed by atoms with E-state index in [1.165, 1.54) is 0 Å². The molecule has 0 bridgehead atoms. The van der Waals surface area contributed by atoms with Crippen LogP contribution in [0.3, 0.4) is 0 Å². The van der Waals surface area contributed by atoms with E-state index >= 15 is 0 Å². The minimum absolute atomic E-state index is 0.778. The Balaban J connectivity index is 0.000000496. The Bertz CT molecular complexity index is 608. The van der Waals surface area contributed by atoms with Crippen LogP contribution in [0.2, 0.25) is 0 Å². The number of alkyl halides is 6. The van der Waals surface area contributed by atoms with Gasteiger partial charge in [-0.2, -0.15) is 26.3 Å². The van der Waals surface area contributed by atoms with Crippen LogP contribution in [0.4, 0.5) is 26.3 Å². The summed E-state index contributed by atoms with van der Waals surface area (Å²) in [5.41, 5.74) is -12.4. The van der Waals surface area contributed by atoms with Crippen LogP contribution in [-0.2, 0) is 24.8 Å². The van der Waals surface area contributed by atoms with Crippen molar-refractivity contribution in [3.8, 4) is 0 Å². The lowest BCUT2D eigenvalue weighted by Gasteiger charge is -2.36. The number of rotatable bonds is 4. The van der Waals surface area contributed by atoms with Crippen molar-refractivity contribution in [3.05, 3.63) is 16.8 Å². The van der Waals surface area contributed by atoms with E-state index in [-0.39, 0.29) is 0 Å². The predicted octanol–water partition coefficient (Wildman–Crippen LogP) is 1.71. The zero-order chi connectivity index (χ0) is 20.2. The van der Waals surface area contributed by atoms with Crippen molar-refractivity contribution in [1.82, 2.24) is 0 Å².